The zero-order valence-corrected chi connectivity index (χ0v) is 20.3. The number of anilines is 1. The normalized spacial score (nSPS) is 17.2. The summed E-state index contributed by atoms with van der Waals surface area (Å²) in [4.78, 5) is 39.9. The average molecular weight is 483 g/mol. The van der Waals surface area contributed by atoms with Crippen LogP contribution in [0.1, 0.15) is 41.6 Å². The number of rotatable bonds is 6. The second-order valence-corrected chi connectivity index (χ2v) is 8.87. The Morgan fingerprint density at radius 1 is 1.14 bits per heavy atom. The molecule has 1 fully saturated rings. The summed E-state index contributed by atoms with van der Waals surface area (Å²) in [6.07, 6.45) is 4.06. The van der Waals surface area contributed by atoms with E-state index in [2.05, 4.69) is 15.0 Å². The van der Waals surface area contributed by atoms with E-state index in [1.165, 1.54) is 4.90 Å². The van der Waals surface area contributed by atoms with Crippen molar-refractivity contribution in [2.24, 2.45) is 0 Å². The SMILES string of the molecule is CCCOc1ccc(/C(O)=C2\C(=O)C(=O)N(c3nc4ccc(C)cc4[nH]3)C2c2cccnc2)cc1C. The van der Waals surface area contributed by atoms with Gasteiger partial charge in [0.25, 0.3) is 5.78 Å². The Bertz CT molecular complexity index is 1510. The van der Waals surface area contributed by atoms with E-state index in [9.17, 15) is 14.7 Å². The summed E-state index contributed by atoms with van der Waals surface area (Å²) in [5.41, 5.74) is 4.23. The van der Waals surface area contributed by atoms with Gasteiger partial charge in [-0.05, 0) is 73.4 Å². The predicted molar refractivity (Wildman–Crippen MR) is 137 cm³/mol. The molecule has 8 nitrogen and oxygen atoms in total. The molecule has 0 spiro atoms. The van der Waals surface area contributed by atoms with E-state index in [4.69, 9.17) is 4.74 Å². The van der Waals surface area contributed by atoms with Crippen molar-refractivity contribution in [3.8, 4) is 5.75 Å². The van der Waals surface area contributed by atoms with Gasteiger partial charge < -0.3 is 14.8 Å². The highest BCUT2D eigenvalue weighted by molar-refractivity contribution is 6.51. The summed E-state index contributed by atoms with van der Waals surface area (Å²) in [5, 5.41) is 11.4. The Morgan fingerprint density at radius 2 is 1.97 bits per heavy atom. The summed E-state index contributed by atoms with van der Waals surface area (Å²) >= 11 is 0. The smallest absolute Gasteiger partial charge is 0.302 e. The number of aliphatic hydroxyl groups excluding tert-OH is 1. The number of benzene rings is 2. The molecule has 4 aromatic rings. The number of pyridine rings is 1. The van der Waals surface area contributed by atoms with Gasteiger partial charge in [0.05, 0.1) is 29.3 Å². The topological polar surface area (TPSA) is 108 Å². The first-order valence-electron chi connectivity index (χ1n) is 11.8. The summed E-state index contributed by atoms with van der Waals surface area (Å²) in [6.45, 7) is 6.43. The van der Waals surface area contributed by atoms with Crippen LogP contribution in [0.4, 0.5) is 5.95 Å². The molecule has 1 aliphatic rings. The number of ether oxygens (including phenoxy) is 1. The molecule has 0 bridgehead atoms. The third-order valence-corrected chi connectivity index (χ3v) is 6.21. The lowest BCUT2D eigenvalue weighted by atomic mass is 9.96. The molecule has 3 heterocycles. The number of aromatic amines is 1. The van der Waals surface area contributed by atoms with Crippen molar-refractivity contribution in [2.45, 2.75) is 33.2 Å². The largest absolute Gasteiger partial charge is 0.507 e. The molecule has 1 aliphatic heterocycles. The zero-order chi connectivity index (χ0) is 25.4. The Hall–Kier alpha value is -4.46. The number of amides is 1. The maximum absolute atomic E-state index is 13.4. The fourth-order valence-electron chi connectivity index (χ4n) is 4.45. The Balaban J connectivity index is 1.66. The summed E-state index contributed by atoms with van der Waals surface area (Å²) in [6, 6.07) is 13.5. The first kappa shape index (κ1) is 23.3. The Morgan fingerprint density at radius 3 is 2.69 bits per heavy atom. The molecule has 5 rings (SSSR count). The van der Waals surface area contributed by atoms with Gasteiger partial charge in [-0.1, -0.05) is 19.1 Å². The number of fused-ring (bicyclic) bond motifs is 1. The molecule has 182 valence electrons. The van der Waals surface area contributed by atoms with Gasteiger partial charge in [-0.3, -0.25) is 19.5 Å². The number of aliphatic hydroxyl groups is 1. The van der Waals surface area contributed by atoms with Gasteiger partial charge in [0, 0.05) is 18.0 Å². The van der Waals surface area contributed by atoms with Crippen molar-refractivity contribution < 1.29 is 19.4 Å². The molecule has 2 N–H and O–H groups in total. The number of hydrogen-bond acceptors (Lipinski definition) is 6. The minimum absolute atomic E-state index is 0.0220. The average Bonchev–Trinajstić information content (AvgIpc) is 3.41. The second kappa shape index (κ2) is 9.30. The molecular formula is C28H26N4O4. The van der Waals surface area contributed by atoms with Crippen molar-refractivity contribution >= 4 is 34.4 Å². The van der Waals surface area contributed by atoms with Crippen molar-refractivity contribution in [1.82, 2.24) is 15.0 Å². The maximum atomic E-state index is 13.4. The van der Waals surface area contributed by atoms with E-state index >= 15 is 0 Å². The summed E-state index contributed by atoms with van der Waals surface area (Å²) in [5.74, 6) is -0.898. The van der Waals surface area contributed by atoms with Crippen molar-refractivity contribution in [3.63, 3.8) is 0 Å². The first-order chi connectivity index (χ1) is 17.4. The van der Waals surface area contributed by atoms with Gasteiger partial charge >= 0.3 is 5.91 Å². The molecule has 0 aliphatic carbocycles. The molecule has 0 radical (unpaired) electrons. The standard InChI is InChI=1S/C28H26N4O4/c1-4-12-36-22-10-8-18(14-17(22)3)25(33)23-24(19-6-5-11-29-15-19)32(27(35)26(23)34)28-30-20-9-7-16(2)13-21(20)31-28/h5-11,13-15,24,33H,4,12H2,1-3H3,(H,30,31)/b25-23+. The molecule has 36 heavy (non-hydrogen) atoms. The number of nitrogens with one attached hydrogen (secondary N) is 1. The molecule has 1 unspecified atom stereocenters. The van der Waals surface area contributed by atoms with Crippen LogP contribution in [0.3, 0.4) is 0 Å². The van der Waals surface area contributed by atoms with Gasteiger partial charge in [0.2, 0.25) is 5.95 Å². The summed E-state index contributed by atoms with van der Waals surface area (Å²) in [7, 11) is 0. The molecule has 1 saturated heterocycles. The minimum Gasteiger partial charge on any atom is -0.507 e. The van der Waals surface area contributed by atoms with Crippen molar-refractivity contribution in [3.05, 3.63) is 88.8 Å². The van der Waals surface area contributed by atoms with Gasteiger partial charge in [-0.15, -0.1) is 0 Å². The fraction of sp³-hybridized carbons (Fsp3) is 0.214. The maximum Gasteiger partial charge on any atom is 0.302 e. The van der Waals surface area contributed by atoms with Crippen LogP contribution < -0.4 is 9.64 Å². The van der Waals surface area contributed by atoms with Crippen molar-refractivity contribution in [1.29, 1.82) is 0 Å². The molecule has 1 atom stereocenters. The number of H-pyrrole nitrogens is 1. The van der Waals surface area contributed by atoms with Crippen LogP contribution in [-0.4, -0.2) is 38.4 Å². The Labute approximate surface area is 208 Å². The molecule has 2 aromatic heterocycles. The second-order valence-electron chi connectivity index (χ2n) is 8.87. The highest BCUT2D eigenvalue weighted by Crippen LogP contribution is 2.41. The lowest BCUT2D eigenvalue weighted by molar-refractivity contribution is -0.132. The zero-order valence-electron chi connectivity index (χ0n) is 20.3. The number of Topliss-reactive ketones (excluding diaryl/α,β-unsaturated/α-hetero) is 1. The summed E-state index contributed by atoms with van der Waals surface area (Å²) < 4.78 is 5.74. The number of aryl methyl sites for hydroxylation is 2. The number of ketones is 1. The number of imidazole rings is 1. The number of aromatic nitrogens is 3. The predicted octanol–water partition coefficient (Wildman–Crippen LogP) is 4.99. The van der Waals surface area contributed by atoms with Crippen LogP contribution >= 0.6 is 0 Å². The Kier molecular flexibility index (Phi) is 6.01. The van der Waals surface area contributed by atoms with Crippen LogP contribution in [0.15, 0.2) is 66.5 Å². The lowest BCUT2D eigenvalue weighted by Gasteiger charge is -2.22. The van der Waals surface area contributed by atoms with E-state index in [1.54, 1.807) is 42.7 Å². The first-order valence-corrected chi connectivity index (χ1v) is 11.8. The van der Waals surface area contributed by atoms with Gasteiger partial charge in [-0.25, -0.2) is 4.98 Å². The third-order valence-electron chi connectivity index (χ3n) is 6.21. The van der Waals surface area contributed by atoms with E-state index in [1.807, 2.05) is 39.0 Å². The molecule has 8 heteroatoms. The molecule has 2 aromatic carbocycles. The minimum atomic E-state index is -0.906. The van der Waals surface area contributed by atoms with Gasteiger partial charge in [0.1, 0.15) is 11.5 Å². The number of carbonyl (C=O) groups is 2. The van der Waals surface area contributed by atoms with Crippen LogP contribution in [0, 0.1) is 13.8 Å². The van der Waals surface area contributed by atoms with E-state index in [0.29, 0.717) is 29.0 Å². The fourth-order valence-corrected chi connectivity index (χ4v) is 4.45. The third kappa shape index (κ3) is 4.00. The van der Waals surface area contributed by atoms with Crippen LogP contribution in [0.25, 0.3) is 16.8 Å². The number of nitrogens with zero attached hydrogens (tertiary/aromatic N) is 3. The monoisotopic (exact) mass is 482 g/mol. The van der Waals surface area contributed by atoms with E-state index in [-0.39, 0.29) is 17.3 Å². The molecule has 0 saturated carbocycles. The van der Waals surface area contributed by atoms with E-state index in [0.717, 1.165) is 23.1 Å². The lowest BCUT2D eigenvalue weighted by Crippen LogP contribution is -2.30. The highest BCUT2D eigenvalue weighted by Gasteiger charge is 2.48. The van der Waals surface area contributed by atoms with E-state index < -0.39 is 17.7 Å². The molecular weight excluding hydrogens is 456 g/mol. The quantitative estimate of drug-likeness (QED) is 0.228. The van der Waals surface area contributed by atoms with Crippen LogP contribution in [-0.2, 0) is 9.59 Å². The highest BCUT2D eigenvalue weighted by atomic mass is 16.5. The number of carbonyl (C=O) groups excluding carboxylic acids is 2. The van der Waals surface area contributed by atoms with Crippen LogP contribution in [0.2, 0.25) is 0 Å². The van der Waals surface area contributed by atoms with Crippen LogP contribution in [0.5, 0.6) is 5.75 Å². The van der Waals surface area contributed by atoms with Gasteiger partial charge in [-0.2, -0.15) is 0 Å². The van der Waals surface area contributed by atoms with Gasteiger partial charge in [0.15, 0.2) is 0 Å². The van der Waals surface area contributed by atoms with Crippen molar-refractivity contribution in [2.75, 3.05) is 11.5 Å². The molecule has 1 amide bonds. The number of hydrogen-bond donors (Lipinski definition) is 2.